The van der Waals surface area contributed by atoms with E-state index >= 15 is 0 Å². The van der Waals surface area contributed by atoms with Gasteiger partial charge in [0, 0.05) is 24.5 Å². The molecule has 3 rings (SSSR count). The molecule has 0 unspecified atom stereocenters. The maximum Gasteiger partial charge on any atom is 0.261 e. The quantitative estimate of drug-likeness (QED) is 0.384. The number of carbonyl (C=O) groups excluding carboxylic acids is 2. The summed E-state index contributed by atoms with van der Waals surface area (Å²) in [7, 11) is 0. The maximum absolute atomic E-state index is 13.6. The topological polar surface area (TPSA) is 58.6 Å². The Morgan fingerprint density at radius 1 is 0.971 bits per heavy atom. The summed E-state index contributed by atoms with van der Waals surface area (Å²) in [5, 5.41) is 3.59. The molecule has 0 aromatic heterocycles. The molecule has 0 heterocycles. The second kappa shape index (κ2) is 13.0. The molecule has 0 saturated heterocycles. The summed E-state index contributed by atoms with van der Waals surface area (Å²) in [4.78, 5) is 28.5. The number of nitrogens with one attached hydrogen (secondary N) is 1. The van der Waals surface area contributed by atoms with Crippen LogP contribution in [0.3, 0.4) is 0 Å². The molecule has 0 bridgehead atoms. The van der Waals surface area contributed by atoms with E-state index in [9.17, 15) is 9.59 Å². The second-order valence-electron chi connectivity index (χ2n) is 8.70. The summed E-state index contributed by atoms with van der Waals surface area (Å²) >= 11 is 6.07. The summed E-state index contributed by atoms with van der Waals surface area (Å²) in [6.07, 6.45) is 1.21. The molecule has 1 N–H and O–H groups in total. The minimum atomic E-state index is -0.685. The molecular formula is C29H33ClN2O3. The van der Waals surface area contributed by atoms with Gasteiger partial charge in [-0.25, -0.2) is 0 Å². The standard InChI is InChI=1S/C29H33ClN2O3/c1-4-16-31-29(34)26(18-23-8-6-5-7-9-23)32(19-24-11-13-25(30)14-12-24)28(33)20-35-27-15-10-21(2)17-22(27)3/h5-15,17,26H,4,16,18-20H2,1-3H3,(H,31,34)/t26-/m0/s1. The number of hydrogen-bond donors (Lipinski definition) is 1. The minimum Gasteiger partial charge on any atom is -0.483 e. The third kappa shape index (κ3) is 7.86. The van der Waals surface area contributed by atoms with Crippen LogP contribution in [0.4, 0.5) is 0 Å². The van der Waals surface area contributed by atoms with Gasteiger partial charge in [0.1, 0.15) is 11.8 Å². The van der Waals surface area contributed by atoms with E-state index in [0.29, 0.717) is 23.7 Å². The number of hydrogen-bond acceptors (Lipinski definition) is 3. The van der Waals surface area contributed by atoms with E-state index in [1.54, 1.807) is 17.0 Å². The van der Waals surface area contributed by atoms with Gasteiger partial charge in [-0.15, -0.1) is 0 Å². The van der Waals surface area contributed by atoms with Gasteiger partial charge in [-0.1, -0.05) is 78.7 Å². The first-order chi connectivity index (χ1) is 16.9. The first-order valence-corrected chi connectivity index (χ1v) is 12.3. The Morgan fingerprint density at radius 3 is 2.34 bits per heavy atom. The van der Waals surface area contributed by atoms with E-state index in [2.05, 4.69) is 5.32 Å². The predicted molar refractivity (Wildman–Crippen MR) is 141 cm³/mol. The lowest BCUT2D eigenvalue weighted by Crippen LogP contribution is -2.51. The van der Waals surface area contributed by atoms with Crippen LogP contribution >= 0.6 is 11.6 Å². The average Bonchev–Trinajstić information content (AvgIpc) is 2.85. The first-order valence-electron chi connectivity index (χ1n) is 11.9. The number of carbonyl (C=O) groups is 2. The fourth-order valence-corrected chi connectivity index (χ4v) is 4.02. The van der Waals surface area contributed by atoms with E-state index in [4.69, 9.17) is 16.3 Å². The van der Waals surface area contributed by atoms with Crippen LogP contribution in [0.5, 0.6) is 5.75 Å². The SMILES string of the molecule is CCCNC(=O)[C@H](Cc1ccccc1)N(Cc1ccc(Cl)cc1)C(=O)COc1ccc(C)cc1C. The van der Waals surface area contributed by atoms with Crippen molar-refractivity contribution in [3.63, 3.8) is 0 Å². The molecule has 0 fully saturated rings. The van der Waals surface area contributed by atoms with Crippen molar-refractivity contribution in [1.29, 1.82) is 0 Å². The number of rotatable bonds is 11. The molecule has 35 heavy (non-hydrogen) atoms. The average molecular weight is 493 g/mol. The summed E-state index contributed by atoms with van der Waals surface area (Å²) in [6.45, 7) is 6.62. The zero-order valence-corrected chi connectivity index (χ0v) is 21.3. The Bertz CT molecular complexity index is 1120. The molecule has 0 spiro atoms. The summed E-state index contributed by atoms with van der Waals surface area (Å²) in [6, 6.07) is 22.2. The largest absolute Gasteiger partial charge is 0.483 e. The van der Waals surface area contributed by atoms with Gasteiger partial charge < -0.3 is 15.0 Å². The Kier molecular flexibility index (Phi) is 9.74. The van der Waals surface area contributed by atoms with Gasteiger partial charge in [-0.2, -0.15) is 0 Å². The number of aryl methyl sites for hydroxylation is 2. The Labute approximate surface area is 213 Å². The summed E-state index contributed by atoms with van der Waals surface area (Å²) < 4.78 is 5.91. The smallest absolute Gasteiger partial charge is 0.261 e. The molecule has 2 amide bonds. The minimum absolute atomic E-state index is 0.163. The fraction of sp³-hybridized carbons (Fsp3) is 0.310. The number of halogens is 1. The molecule has 0 saturated carbocycles. The van der Waals surface area contributed by atoms with Crippen molar-refractivity contribution in [3.05, 3.63) is 100 Å². The van der Waals surface area contributed by atoms with E-state index < -0.39 is 6.04 Å². The monoisotopic (exact) mass is 492 g/mol. The fourth-order valence-electron chi connectivity index (χ4n) is 3.89. The van der Waals surface area contributed by atoms with Crippen molar-refractivity contribution in [2.75, 3.05) is 13.2 Å². The molecule has 184 valence electrons. The lowest BCUT2D eigenvalue weighted by Gasteiger charge is -2.31. The second-order valence-corrected chi connectivity index (χ2v) is 9.14. The zero-order valence-electron chi connectivity index (χ0n) is 20.6. The maximum atomic E-state index is 13.6. The molecule has 6 heteroatoms. The molecule has 0 aliphatic heterocycles. The highest BCUT2D eigenvalue weighted by atomic mass is 35.5. The Balaban J connectivity index is 1.89. The van der Waals surface area contributed by atoms with Gasteiger partial charge in [0.2, 0.25) is 5.91 Å². The van der Waals surface area contributed by atoms with Crippen LogP contribution in [0.15, 0.2) is 72.8 Å². The van der Waals surface area contributed by atoms with Crippen molar-refractivity contribution >= 4 is 23.4 Å². The van der Waals surface area contributed by atoms with E-state index in [1.807, 2.05) is 81.4 Å². The molecule has 5 nitrogen and oxygen atoms in total. The lowest BCUT2D eigenvalue weighted by molar-refractivity contribution is -0.142. The van der Waals surface area contributed by atoms with Crippen molar-refractivity contribution in [2.45, 2.75) is 46.2 Å². The summed E-state index contributed by atoms with van der Waals surface area (Å²) in [5.41, 5.74) is 3.95. The highest BCUT2D eigenvalue weighted by Gasteiger charge is 2.30. The van der Waals surface area contributed by atoms with Gasteiger partial charge >= 0.3 is 0 Å². The molecule has 3 aromatic rings. The van der Waals surface area contributed by atoms with E-state index in [1.165, 1.54) is 0 Å². The van der Waals surface area contributed by atoms with Gasteiger partial charge in [0.15, 0.2) is 6.61 Å². The zero-order chi connectivity index (χ0) is 25.2. The first kappa shape index (κ1) is 26.3. The van der Waals surface area contributed by atoms with Crippen molar-refractivity contribution < 1.29 is 14.3 Å². The van der Waals surface area contributed by atoms with E-state index in [0.717, 1.165) is 28.7 Å². The van der Waals surface area contributed by atoms with Crippen LogP contribution < -0.4 is 10.1 Å². The highest BCUT2D eigenvalue weighted by Crippen LogP contribution is 2.20. The third-order valence-electron chi connectivity index (χ3n) is 5.77. The number of benzene rings is 3. The number of nitrogens with zero attached hydrogens (tertiary/aromatic N) is 1. The van der Waals surface area contributed by atoms with Crippen molar-refractivity contribution in [2.24, 2.45) is 0 Å². The normalized spacial score (nSPS) is 11.5. The number of ether oxygens (including phenoxy) is 1. The van der Waals surface area contributed by atoms with Gasteiger partial charge in [0.05, 0.1) is 0 Å². The van der Waals surface area contributed by atoms with Crippen LogP contribution in [0.1, 0.15) is 35.6 Å². The molecule has 0 aliphatic carbocycles. The Hall–Kier alpha value is -3.31. The molecular weight excluding hydrogens is 460 g/mol. The Morgan fingerprint density at radius 2 is 1.69 bits per heavy atom. The lowest BCUT2D eigenvalue weighted by atomic mass is 10.0. The van der Waals surface area contributed by atoms with Gasteiger partial charge in [-0.05, 0) is 55.2 Å². The summed E-state index contributed by atoms with van der Waals surface area (Å²) in [5.74, 6) is 0.225. The van der Waals surface area contributed by atoms with Crippen LogP contribution in [0, 0.1) is 13.8 Å². The molecule has 3 aromatic carbocycles. The third-order valence-corrected chi connectivity index (χ3v) is 6.02. The van der Waals surface area contributed by atoms with Gasteiger partial charge in [-0.3, -0.25) is 9.59 Å². The van der Waals surface area contributed by atoms with E-state index in [-0.39, 0.29) is 25.0 Å². The van der Waals surface area contributed by atoms with Gasteiger partial charge in [0.25, 0.3) is 5.91 Å². The molecule has 1 atom stereocenters. The van der Waals surface area contributed by atoms with Crippen LogP contribution in [-0.2, 0) is 22.6 Å². The number of amides is 2. The molecule has 0 aliphatic rings. The van der Waals surface area contributed by atoms with Crippen molar-refractivity contribution in [1.82, 2.24) is 10.2 Å². The van der Waals surface area contributed by atoms with Crippen LogP contribution in [-0.4, -0.2) is 35.9 Å². The van der Waals surface area contributed by atoms with Crippen LogP contribution in [0.2, 0.25) is 5.02 Å². The highest BCUT2D eigenvalue weighted by molar-refractivity contribution is 6.30. The van der Waals surface area contributed by atoms with Crippen molar-refractivity contribution in [3.8, 4) is 5.75 Å². The predicted octanol–water partition coefficient (Wildman–Crippen LogP) is 5.50. The van der Waals surface area contributed by atoms with Crippen LogP contribution in [0.25, 0.3) is 0 Å². The molecule has 0 radical (unpaired) electrons.